The lowest BCUT2D eigenvalue weighted by molar-refractivity contribution is 0.0690. The number of terminal acetylenes is 1. The van der Waals surface area contributed by atoms with Crippen LogP contribution in [0, 0.1) is 19.3 Å². The van der Waals surface area contributed by atoms with E-state index in [2.05, 4.69) is 16.2 Å². The van der Waals surface area contributed by atoms with Crippen molar-refractivity contribution in [3.8, 4) is 12.3 Å². The second kappa shape index (κ2) is 4.23. The molecule has 1 aromatic heterocycles. The van der Waals surface area contributed by atoms with Gasteiger partial charge in [0, 0.05) is 0 Å². The molecule has 16 heavy (non-hydrogen) atoms. The normalized spacial score (nSPS) is 10.6. The molecule has 0 saturated heterocycles. The molecular weight excluding hydrogens is 204 g/mol. The molecule has 1 aromatic rings. The minimum atomic E-state index is -1.05. The van der Waals surface area contributed by atoms with E-state index >= 15 is 0 Å². The quantitative estimate of drug-likeness (QED) is 0.761. The van der Waals surface area contributed by atoms with Crippen LogP contribution in [-0.4, -0.2) is 21.6 Å². The molecule has 0 aromatic carbocycles. The van der Waals surface area contributed by atoms with Gasteiger partial charge in [-0.1, -0.05) is 5.92 Å². The van der Waals surface area contributed by atoms with Crippen LogP contribution in [0.3, 0.4) is 0 Å². The van der Waals surface area contributed by atoms with Crippen molar-refractivity contribution in [3.63, 3.8) is 0 Å². The lowest BCUT2D eigenvalue weighted by Crippen LogP contribution is -2.29. The standard InChI is InChI=1S/C12H14N2O2/c1-5-12(3,4)14-10-7-8(2)6-9(13-10)11(15)16/h1,6-7H,2-4H3,(H,13,14)(H,15,16). The Morgan fingerprint density at radius 2 is 2.19 bits per heavy atom. The lowest BCUT2D eigenvalue weighted by atomic mass is 10.1. The molecule has 84 valence electrons. The highest BCUT2D eigenvalue weighted by Crippen LogP contribution is 2.15. The summed E-state index contributed by atoms with van der Waals surface area (Å²) in [5, 5.41) is 11.9. The topological polar surface area (TPSA) is 62.2 Å². The molecule has 1 rings (SSSR count). The second-order valence-corrected chi connectivity index (χ2v) is 4.11. The van der Waals surface area contributed by atoms with Crippen molar-refractivity contribution in [1.82, 2.24) is 4.98 Å². The molecule has 0 spiro atoms. The van der Waals surface area contributed by atoms with Crippen LogP contribution in [-0.2, 0) is 0 Å². The number of nitrogens with one attached hydrogen (secondary N) is 1. The lowest BCUT2D eigenvalue weighted by Gasteiger charge is -2.20. The van der Waals surface area contributed by atoms with Gasteiger partial charge in [-0.3, -0.25) is 0 Å². The summed E-state index contributed by atoms with van der Waals surface area (Å²) >= 11 is 0. The number of rotatable bonds is 3. The summed E-state index contributed by atoms with van der Waals surface area (Å²) in [5.41, 5.74) is 0.273. The predicted molar refractivity (Wildman–Crippen MR) is 62.5 cm³/mol. The largest absolute Gasteiger partial charge is 0.477 e. The molecule has 0 radical (unpaired) electrons. The molecule has 0 saturated carbocycles. The average molecular weight is 218 g/mol. The maximum absolute atomic E-state index is 10.8. The molecule has 0 atom stereocenters. The molecule has 4 nitrogen and oxygen atoms in total. The molecule has 0 bridgehead atoms. The first-order valence-corrected chi connectivity index (χ1v) is 4.82. The summed E-state index contributed by atoms with van der Waals surface area (Å²) in [6.45, 7) is 5.44. The fraction of sp³-hybridized carbons (Fsp3) is 0.333. The highest BCUT2D eigenvalue weighted by molar-refractivity contribution is 5.86. The smallest absolute Gasteiger partial charge is 0.354 e. The molecule has 0 aliphatic rings. The molecule has 2 N–H and O–H groups in total. The Hall–Kier alpha value is -2.02. The third-order valence-corrected chi connectivity index (χ3v) is 1.99. The number of pyridine rings is 1. The van der Waals surface area contributed by atoms with E-state index in [1.807, 2.05) is 20.8 Å². The average Bonchev–Trinajstić information content (AvgIpc) is 2.16. The Kier molecular flexibility index (Phi) is 3.19. The van der Waals surface area contributed by atoms with Crippen LogP contribution >= 0.6 is 0 Å². The fourth-order valence-electron chi connectivity index (χ4n) is 1.20. The van der Waals surface area contributed by atoms with E-state index in [9.17, 15) is 4.79 Å². The van der Waals surface area contributed by atoms with Crippen molar-refractivity contribution in [3.05, 3.63) is 23.4 Å². The van der Waals surface area contributed by atoms with Crippen LogP contribution in [0.4, 0.5) is 5.82 Å². The number of anilines is 1. The van der Waals surface area contributed by atoms with Crippen molar-refractivity contribution < 1.29 is 9.90 Å². The number of nitrogens with zero attached hydrogens (tertiary/aromatic N) is 1. The predicted octanol–water partition coefficient (Wildman–Crippen LogP) is 1.91. The minimum Gasteiger partial charge on any atom is -0.477 e. The van der Waals surface area contributed by atoms with Crippen molar-refractivity contribution in [1.29, 1.82) is 0 Å². The molecule has 0 unspecified atom stereocenters. The Morgan fingerprint density at radius 1 is 1.56 bits per heavy atom. The first-order chi connectivity index (χ1) is 7.34. The van der Waals surface area contributed by atoms with Gasteiger partial charge in [-0.25, -0.2) is 9.78 Å². The fourth-order valence-corrected chi connectivity index (χ4v) is 1.20. The highest BCUT2D eigenvalue weighted by Gasteiger charge is 2.15. The van der Waals surface area contributed by atoms with E-state index in [0.29, 0.717) is 5.82 Å². The van der Waals surface area contributed by atoms with E-state index in [1.54, 1.807) is 6.07 Å². The van der Waals surface area contributed by atoms with Gasteiger partial charge in [0.1, 0.15) is 5.82 Å². The first-order valence-electron chi connectivity index (χ1n) is 4.82. The molecule has 4 heteroatoms. The Bertz CT molecular complexity index is 459. The number of aryl methyl sites for hydroxylation is 1. The summed E-state index contributed by atoms with van der Waals surface area (Å²) in [5.74, 6) is 1.98. The van der Waals surface area contributed by atoms with Gasteiger partial charge in [-0.05, 0) is 38.5 Å². The van der Waals surface area contributed by atoms with Crippen LogP contribution in [0.25, 0.3) is 0 Å². The van der Waals surface area contributed by atoms with Crippen LogP contribution in [0.2, 0.25) is 0 Å². The number of carboxylic acid groups (broad SMARTS) is 1. The number of hydrogen-bond donors (Lipinski definition) is 2. The van der Waals surface area contributed by atoms with E-state index in [-0.39, 0.29) is 5.69 Å². The van der Waals surface area contributed by atoms with Crippen LogP contribution in [0.5, 0.6) is 0 Å². The summed E-state index contributed by atoms with van der Waals surface area (Å²) in [4.78, 5) is 14.8. The first kappa shape index (κ1) is 12.1. The summed E-state index contributed by atoms with van der Waals surface area (Å²) in [7, 11) is 0. The van der Waals surface area contributed by atoms with Crippen LogP contribution in [0.15, 0.2) is 12.1 Å². The maximum atomic E-state index is 10.8. The Morgan fingerprint density at radius 3 is 2.69 bits per heavy atom. The number of aromatic nitrogens is 1. The third kappa shape index (κ3) is 2.99. The van der Waals surface area contributed by atoms with Crippen molar-refractivity contribution >= 4 is 11.8 Å². The van der Waals surface area contributed by atoms with Gasteiger partial charge in [0.15, 0.2) is 5.69 Å². The third-order valence-electron chi connectivity index (χ3n) is 1.99. The van der Waals surface area contributed by atoms with Crippen LogP contribution in [0.1, 0.15) is 29.9 Å². The molecule has 0 aliphatic carbocycles. The molecular formula is C12H14N2O2. The molecule has 0 aliphatic heterocycles. The van der Waals surface area contributed by atoms with E-state index in [1.165, 1.54) is 6.07 Å². The number of carboxylic acids is 1. The van der Waals surface area contributed by atoms with Gasteiger partial charge in [0.05, 0.1) is 5.54 Å². The monoisotopic (exact) mass is 218 g/mol. The molecule has 0 fully saturated rings. The SMILES string of the molecule is C#CC(C)(C)Nc1cc(C)cc(C(=O)O)n1. The highest BCUT2D eigenvalue weighted by atomic mass is 16.4. The molecule has 1 heterocycles. The zero-order chi connectivity index (χ0) is 12.3. The second-order valence-electron chi connectivity index (χ2n) is 4.11. The van der Waals surface area contributed by atoms with Crippen molar-refractivity contribution in [2.45, 2.75) is 26.3 Å². The number of aromatic carboxylic acids is 1. The number of hydrogen-bond acceptors (Lipinski definition) is 3. The van der Waals surface area contributed by atoms with Gasteiger partial charge in [-0.15, -0.1) is 6.42 Å². The van der Waals surface area contributed by atoms with Crippen molar-refractivity contribution in [2.75, 3.05) is 5.32 Å². The van der Waals surface area contributed by atoms with Gasteiger partial charge < -0.3 is 10.4 Å². The van der Waals surface area contributed by atoms with E-state index in [0.717, 1.165) is 5.56 Å². The van der Waals surface area contributed by atoms with Gasteiger partial charge in [0.25, 0.3) is 0 Å². The van der Waals surface area contributed by atoms with E-state index in [4.69, 9.17) is 11.5 Å². The van der Waals surface area contributed by atoms with Gasteiger partial charge in [-0.2, -0.15) is 0 Å². The Labute approximate surface area is 94.7 Å². The summed E-state index contributed by atoms with van der Waals surface area (Å²) in [6, 6.07) is 3.27. The Balaban J connectivity index is 3.07. The van der Waals surface area contributed by atoms with E-state index < -0.39 is 11.5 Å². The zero-order valence-corrected chi connectivity index (χ0v) is 9.53. The zero-order valence-electron chi connectivity index (χ0n) is 9.53. The van der Waals surface area contributed by atoms with Gasteiger partial charge in [0.2, 0.25) is 0 Å². The van der Waals surface area contributed by atoms with Crippen LogP contribution < -0.4 is 5.32 Å². The molecule has 0 amide bonds. The summed E-state index contributed by atoms with van der Waals surface area (Å²) in [6.07, 6.45) is 5.33. The number of carbonyl (C=O) groups is 1. The van der Waals surface area contributed by atoms with Crippen molar-refractivity contribution in [2.24, 2.45) is 0 Å². The van der Waals surface area contributed by atoms with Gasteiger partial charge >= 0.3 is 5.97 Å². The minimum absolute atomic E-state index is 0.00956. The summed E-state index contributed by atoms with van der Waals surface area (Å²) < 4.78 is 0. The maximum Gasteiger partial charge on any atom is 0.354 e.